The molecular weight excluding hydrogens is 354 g/mol. The van der Waals surface area contributed by atoms with Crippen molar-refractivity contribution in [2.24, 2.45) is 0 Å². The van der Waals surface area contributed by atoms with Crippen molar-refractivity contribution in [2.75, 3.05) is 58.9 Å². The lowest BCUT2D eigenvalue weighted by molar-refractivity contribution is -0.331. The van der Waals surface area contributed by atoms with E-state index >= 15 is 0 Å². The van der Waals surface area contributed by atoms with Gasteiger partial charge in [0, 0.05) is 58.9 Å². The summed E-state index contributed by atoms with van der Waals surface area (Å²) in [5, 5.41) is 0. The molecule has 3 fully saturated rings. The Morgan fingerprint density at radius 1 is 0.667 bits per heavy atom. The van der Waals surface area contributed by atoms with E-state index in [0.29, 0.717) is 19.6 Å². The Labute approximate surface area is 159 Å². The van der Waals surface area contributed by atoms with E-state index in [-0.39, 0.29) is 25.7 Å². The third kappa shape index (κ3) is 7.43. The largest absolute Gasteiger partial charge is 0.423 e. The molecule has 9 heteroatoms. The SMILES string of the molecule is CCC(OC(=O)CCN1CC1)(OC(=O)CCN1CC1)OC(=O)CCN1CC1. The molecule has 27 heavy (non-hydrogen) atoms. The minimum absolute atomic E-state index is 0.0490. The number of ether oxygens (including phenoxy) is 3. The van der Waals surface area contributed by atoms with E-state index < -0.39 is 23.9 Å². The normalized spacial score (nSPS) is 19.4. The van der Waals surface area contributed by atoms with Crippen LogP contribution in [0, 0.1) is 0 Å². The lowest BCUT2D eigenvalue weighted by atomic mass is 10.3. The van der Waals surface area contributed by atoms with Crippen LogP contribution in [-0.2, 0) is 28.6 Å². The number of rotatable bonds is 13. The van der Waals surface area contributed by atoms with Gasteiger partial charge in [0.1, 0.15) is 0 Å². The minimum Gasteiger partial charge on any atom is -0.388 e. The first kappa shape index (κ1) is 20.0. The van der Waals surface area contributed by atoms with Crippen molar-refractivity contribution in [2.45, 2.75) is 38.6 Å². The molecule has 0 aromatic heterocycles. The highest BCUT2D eigenvalue weighted by molar-refractivity contribution is 5.74. The molecule has 3 aliphatic rings. The summed E-state index contributed by atoms with van der Waals surface area (Å²) in [5.41, 5.74) is 0. The maximum atomic E-state index is 12.2. The van der Waals surface area contributed by atoms with Gasteiger partial charge in [-0.3, -0.25) is 14.4 Å². The number of carbonyl (C=O) groups is 3. The molecule has 0 spiro atoms. The summed E-state index contributed by atoms with van der Waals surface area (Å²) in [6.07, 6.45) is 0.544. The predicted octanol–water partition coefficient (Wildman–Crippen LogP) is -0.203. The molecule has 3 saturated heterocycles. The van der Waals surface area contributed by atoms with Gasteiger partial charge in [0.25, 0.3) is 0 Å². The van der Waals surface area contributed by atoms with Gasteiger partial charge in [-0.1, -0.05) is 6.92 Å². The van der Waals surface area contributed by atoms with Crippen LogP contribution in [-0.4, -0.2) is 97.5 Å². The standard InChI is InChI=1S/C18H29N3O6/c1-2-18(25-15(22)3-6-19-9-10-19,26-16(23)4-7-20-11-12-20)27-17(24)5-8-21-13-14-21/h2-14H2,1H3. The Bertz CT molecular complexity index is 483. The van der Waals surface area contributed by atoms with Crippen molar-refractivity contribution >= 4 is 17.9 Å². The summed E-state index contributed by atoms with van der Waals surface area (Å²) in [7, 11) is 0. The monoisotopic (exact) mass is 383 g/mol. The van der Waals surface area contributed by atoms with Gasteiger partial charge < -0.3 is 28.9 Å². The van der Waals surface area contributed by atoms with Crippen LogP contribution >= 0.6 is 0 Å². The summed E-state index contributed by atoms with van der Waals surface area (Å²) < 4.78 is 16.1. The third-order valence-corrected chi connectivity index (χ3v) is 4.76. The average Bonchev–Trinajstić information content (AvgIpc) is 3.48. The Morgan fingerprint density at radius 3 is 1.19 bits per heavy atom. The van der Waals surface area contributed by atoms with E-state index in [1.807, 2.05) is 0 Å². The summed E-state index contributed by atoms with van der Waals surface area (Å²) in [4.78, 5) is 42.9. The average molecular weight is 383 g/mol. The summed E-state index contributed by atoms with van der Waals surface area (Å²) >= 11 is 0. The lowest BCUT2D eigenvalue weighted by Crippen LogP contribution is -2.44. The quantitative estimate of drug-likeness (QED) is 0.244. The van der Waals surface area contributed by atoms with Crippen LogP contribution in [0.4, 0.5) is 0 Å². The van der Waals surface area contributed by atoms with Gasteiger partial charge >= 0.3 is 23.9 Å². The molecule has 0 aliphatic carbocycles. The van der Waals surface area contributed by atoms with Crippen LogP contribution in [0.15, 0.2) is 0 Å². The van der Waals surface area contributed by atoms with Crippen LogP contribution in [0.2, 0.25) is 0 Å². The van der Waals surface area contributed by atoms with E-state index in [4.69, 9.17) is 14.2 Å². The van der Waals surface area contributed by atoms with Gasteiger partial charge in [-0.15, -0.1) is 0 Å². The number of esters is 3. The van der Waals surface area contributed by atoms with Crippen LogP contribution in [0.25, 0.3) is 0 Å². The van der Waals surface area contributed by atoms with Crippen molar-refractivity contribution < 1.29 is 28.6 Å². The molecular formula is C18H29N3O6. The fourth-order valence-corrected chi connectivity index (χ4v) is 2.58. The van der Waals surface area contributed by atoms with E-state index in [1.165, 1.54) is 0 Å². The second-order valence-corrected chi connectivity index (χ2v) is 7.23. The van der Waals surface area contributed by atoms with E-state index in [9.17, 15) is 14.4 Å². The molecule has 0 aromatic carbocycles. The number of nitrogens with zero attached hydrogens (tertiary/aromatic N) is 3. The first-order valence-electron chi connectivity index (χ1n) is 9.80. The van der Waals surface area contributed by atoms with Gasteiger partial charge in [0.15, 0.2) is 0 Å². The summed E-state index contributed by atoms with van der Waals surface area (Å²) in [5.74, 6) is -3.59. The molecule has 0 unspecified atom stereocenters. The third-order valence-electron chi connectivity index (χ3n) is 4.76. The zero-order valence-corrected chi connectivity index (χ0v) is 16.0. The number of hydrogen-bond donors (Lipinski definition) is 0. The maximum absolute atomic E-state index is 12.2. The number of hydrogen-bond acceptors (Lipinski definition) is 9. The van der Waals surface area contributed by atoms with Gasteiger partial charge in [-0.2, -0.15) is 0 Å². The molecule has 0 aromatic rings. The molecule has 0 radical (unpaired) electrons. The van der Waals surface area contributed by atoms with E-state index in [1.54, 1.807) is 6.92 Å². The zero-order chi connectivity index (χ0) is 19.3. The lowest BCUT2D eigenvalue weighted by Gasteiger charge is -2.30. The maximum Gasteiger partial charge on any atom is 0.423 e. The summed E-state index contributed by atoms with van der Waals surface area (Å²) in [6, 6.07) is 0. The topological polar surface area (TPSA) is 87.9 Å². The Balaban J connectivity index is 1.54. The van der Waals surface area contributed by atoms with Crippen LogP contribution < -0.4 is 0 Å². The highest BCUT2D eigenvalue weighted by Gasteiger charge is 2.42. The van der Waals surface area contributed by atoms with Crippen LogP contribution in [0.1, 0.15) is 32.6 Å². The first-order valence-corrected chi connectivity index (χ1v) is 9.80. The fourth-order valence-electron chi connectivity index (χ4n) is 2.58. The molecule has 3 heterocycles. The Morgan fingerprint density at radius 2 is 0.963 bits per heavy atom. The molecule has 3 aliphatic heterocycles. The van der Waals surface area contributed by atoms with Crippen LogP contribution in [0.5, 0.6) is 0 Å². The molecule has 0 atom stereocenters. The van der Waals surface area contributed by atoms with Crippen molar-refractivity contribution in [3.05, 3.63) is 0 Å². The summed E-state index contributed by atoms with van der Waals surface area (Å²) in [6.45, 7) is 9.28. The van der Waals surface area contributed by atoms with Gasteiger partial charge in [0.2, 0.25) is 0 Å². The van der Waals surface area contributed by atoms with Gasteiger partial charge in [-0.05, 0) is 0 Å². The van der Waals surface area contributed by atoms with Crippen molar-refractivity contribution in [3.63, 3.8) is 0 Å². The van der Waals surface area contributed by atoms with Crippen molar-refractivity contribution in [1.82, 2.24) is 14.7 Å². The van der Waals surface area contributed by atoms with E-state index in [0.717, 1.165) is 39.3 Å². The first-order chi connectivity index (χ1) is 13.0. The molecule has 0 amide bonds. The Hall–Kier alpha value is -1.71. The van der Waals surface area contributed by atoms with Crippen LogP contribution in [0.3, 0.4) is 0 Å². The second-order valence-electron chi connectivity index (χ2n) is 7.23. The highest BCUT2D eigenvalue weighted by Crippen LogP contribution is 2.24. The molecule has 0 saturated carbocycles. The predicted molar refractivity (Wildman–Crippen MR) is 94.5 cm³/mol. The van der Waals surface area contributed by atoms with E-state index in [2.05, 4.69) is 14.7 Å². The highest BCUT2D eigenvalue weighted by atomic mass is 16.9. The number of carbonyl (C=O) groups excluding carboxylic acids is 3. The van der Waals surface area contributed by atoms with Crippen molar-refractivity contribution in [1.29, 1.82) is 0 Å². The molecule has 9 nitrogen and oxygen atoms in total. The molecule has 0 N–H and O–H groups in total. The zero-order valence-electron chi connectivity index (χ0n) is 16.0. The van der Waals surface area contributed by atoms with Crippen molar-refractivity contribution in [3.8, 4) is 0 Å². The minimum atomic E-state index is -1.97. The molecule has 152 valence electrons. The van der Waals surface area contributed by atoms with Gasteiger partial charge in [-0.25, -0.2) is 0 Å². The molecule has 3 rings (SSSR count). The Kier molecular flexibility index (Phi) is 6.67. The second kappa shape index (κ2) is 8.99. The smallest absolute Gasteiger partial charge is 0.388 e. The van der Waals surface area contributed by atoms with Gasteiger partial charge in [0.05, 0.1) is 25.7 Å². The molecule has 0 bridgehead atoms. The fraction of sp³-hybridized carbons (Fsp3) is 0.833.